The van der Waals surface area contributed by atoms with Crippen LogP contribution in [0.5, 0.6) is 0 Å². The Morgan fingerprint density at radius 2 is 1.77 bits per heavy atom. The molecule has 0 spiro atoms. The number of ether oxygens (including phenoxy) is 1. The highest BCUT2D eigenvalue weighted by atomic mass is 16.5. The normalized spacial score (nSPS) is 24.2. The molecule has 1 aliphatic heterocycles. The van der Waals surface area contributed by atoms with E-state index in [0.717, 1.165) is 12.0 Å². The molecule has 138 valence electrons. The molecule has 5 heteroatoms. The van der Waals surface area contributed by atoms with Crippen molar-refractivity contribution in [2.24, 2.45) is 10.8 Å². The summed E-state index contributed by atoms with van der Waals surface area (Å²) in [5.74, 6) is -0.343. The van der Waals surface area contributed by atoms with E-state index < -0.39 is 6.09 Å². The summed E-state index contributed by atoms with van der Waals surface area (Å²) in [6.45, 7) is 7.46. The number of hydrogen-bond acceptors (Lipinski definition) is 3. The van der Waals surface area contributed by atoms with Gasteiger partial charge in [0, 0.05) is 23.9 Å². The molecule has 0 aromatic heterocycles. The zero-order valence-electron chi connectivity index (χ0n) is 15.7. The van der Waals surface area contributed by atoms with E-state index in [4.69, 9.17) is 4.74 Å². The van der Waals surface area contributed by atoms with E-state index in [1.54, 1.807) is 12.1 Å². The van der Waals surface area contributed by atoms with Gasteiger partial charge in [-0.05, 0) is 29.7 Å². The van der Waals surface area contributed by atoms with E-state index >= 15 is 0 Å². The van der Waals surface area contributed by atoms with Gasteiger partial charge in [0.25, 0.3) is 0 Å². The maximum atomic E-state index is 11.6. The topological polar surface area (TPSA) is 66.8 Å². The molecule has 2 aliphatic rings. The largest absolute Gasteiger partial charge is 0.465 e. The number of fused-ring (bicyclic) bond motifs is 1. The fraction of sp³-hybridized carbons (Fsp3) is 0.429. The van der Waals surface area contributed by atoms with Gasteiger partial charge in [0.2, 0.25) is 0 Å². The predicted octanol–water partition coefficient (Wildman–Crippen LogP) is 4.21. The molecule has 1 N–H and O–H groups in total. The third kappa shape index (κ3) is 2.91. The third-order valence-corrected chi connectivity index (χ3v) is 5.70. The van der Waals surface area contributed by atoms with Crippen molar-refractivity contribution < 1.29 is 19.4 Å². The van der Waals surface area contributed by atoms with Crippen LogP contribution in [-0.2, 0) is 4.74 Å². The highest BCUT2D eigenvalue weighted by molar-refractivity contribution is 5.90. The molecule has 0 saturated carbocycles. The van der Waals surface area contributed by atoms with Gasteiger partial charge in [-0.1, -0.05) is 50.6 Å². The van der Waals surface area contributed by atoms with Gasteiger partial charge in [-0.3, -0.25) is 0 Å². The standard InChI is InChI=1S/C21H25NO4/c1-20(2)16(14-5-7-15(8-6-14)18(23)26-4)9-11-21(3)13-22(19(24)25)12-10-17(20)21/h5-10H,11-13H2,1-4H3,(H,24,25)/t21-/m1/s1. The van der Waals surface area contributed by atoms with Crippen molar-refractivity contribution in [3.05, 3.63) is 53.1 Å². The molecule has 1 aliphatic carbocycles. The molecule has 26 heavy (non-hydrogen) atoms. The lowest BCUT2D eigenvalue weighted by Crippen LogP contribution is -2.48. The number of carboxylic acid groups (broad SMARTS) is 1. The Morgan fingerprint density at radius 3 is 2.35 bits per heavy atom. The van der Waals surface area contributed by atoms with Crippen LogP contribution in [-0.4, -0.2) is 42.3 Å². The minimum absolute atomic E-state index is 0.185. The predicted molar refractivity (Wildman–Crippen MR) is 99.9 cm³/mol. The lowest BCUT2D eigenvalue weighted by molar-refractivity contribution is 0.0600. The zero-order chi connectivity index (χ0) is 19.1. The van der Waals surface area contributed by atoms with Crippen molar-refractivity contribution in [1.82, 2.24) is 4.90 Å². The number of methoxy groups -OCH3 is 1. The Kier molecular flexibility index (Phi) is 4.42. The Labute approximate surface area is 154 Å². The number of rotatable bonds is 2. The number of allylic oxidation sites excluding steroid dienone is 2. The number of carbonyl (C=O) groups excluding carboxylic acids is 1. The van der Waals surface area contributed by atoms with Gasteiger partial charge in [0.1, 0.15) is 0 Å². The molecule has 1 aromatic rings. The SMILES string of the molecule is COC(=O)c1ccc(C2=CC[C@]3(C)CN(C(=O)O)CC=C3C2(C)C)cc1. The highest BCUT2D eigenvalue weighted by Crippen LogP contribution is 2.55. The molecular formula is C21H25NO4. The molecule has 3 rings (SSSR count). The first-order valence-corrected chi connectivity index (χ1v) is 8.77. The summed E-state index contributed by atoms with van der Waals surface area (Å²) in [5.41, 5.74) is 3.72. The van der Waals surface area contributed by atoms with Crippen LogP contribution in [0, 0.1) is 10.8 Å². The van der Waals surface area contributed by atoms with E-state index in [2.05, 4.69) is 32.9 Å². The maximum Gasteiger partial charge on any atom is 0.407 e. The molecule has 5 nitrogen and oxygen atoms in total. The summed E-state index contributed by atoms with van der Waals surface area (Å²) in [7, 11) is 1.37. The molecule has 0 unspecified atom stereocenters. The summed E-state index contributed by atoms with van der Waals surface area (Å²) in [6, 6.07) is 7.48. The van der Waals surface area contributed by atoms with Crippen LogP contribution in [0.1, 0.15) is 43.1 Å². The van der Waals surface area contributed by atoms with E-state index in [9.17, 15) is 14.7 Å². The molecule has 0 radical (unpaired) electrons. The second-order valence-corrected chi connectivity index (χ2v) is 7.86. The highest BCUT2D eigenvalue weighted by Gasteiger charge is 2.46. The summed E-state index contributed by atoms with van der Waals surface area (Å²) in [6.07, 6.45) is 4.22. The first-order valence-electron chi connectivity index (χ1n) is 8.77. The van der Waals surface area contributed by atoms with Crippen LogP contribution in [0.15, 0.2) is 42.0 Å². The van der Waals surface area contributed by atoms with E-state index in [1.807, 2.05) is 12.1 Å². The molecule has 1 aromatic carbocycles. The van der Waals surface area contributed by atoms with Crippen LogP contribution < -0.4 is 0 Å². The number of nitrogens with zero attached hydrogens (tertiary/aromatic N) is 1. The monoisotopic (exact) mass is 355 g/mol. The maximum absolute atomic E-state index is 11.6. The smallest absolute Gasteiger partial charge is 0.407 e. The van der Waals surface area contributed by atoms with Gasteiger partial charge < -0.3 is 14.7 Å². The van der Waals surface area contributed by atoms with Gasteiger partial charge in [0.15, 0.2) is 0 Å². The summed E-state index contributed by atoms with van der Waals surface area (Å²) in [4.78, 5) is 24.5. The lowest BCUT2D eigenvalue weighted by atomic mass is 9.58. The van der Waals surface area contributed by atoms with Crippen LogP contribution in [0.3, 0.4) is 0 Å². The average molecular weight is 355 g/mol. The Hall–Kier alpha value is -2.56. The van der Waals surface area contributed by atoms with Crippen molar-refractivity contribution in [2.45, 2.75) is 27.2 Å². The van der Waals surface area contributed by atoms with Gasteiger partial charge >= 0.3 is 12.1 Å². The van der Waals surface area contributed by atoms with Crippen LogP contribution >= 0.6 is 0 Å². The van der Waals surface area contributed by atoms with E-state index in [0.29, 0.717) is 18.7 Å². The van der Waals surface area contributed by atoms with Crippen LogP contribution in [0.2, 0.25) is 0 Å². The minimum Gasteiger partial charge on any atom is -0.465 e. The van der Waals surface area contributed by atoms with Crippen molar-refractivity contribution in [2.75, 3.05) is 20.2 Å². The van der Waals surface area contributed by atoms with Crippen molar-refractivity contribution in [3.63, 3.8) is 0 Å². The Balaban J connectivity index is 1.96. The number of benzene rings is 1. The van der Waals surface area contributed by atoms with Crippen LogP contribution in [0.25, 0.3) is 5.57 Å². The summed E-state index contributed by atoms with van der Waals surface area (Å²) >= 11 is 0. The fourth-order valence-corrected chi connectivity index (χ4v) is 4.46. The second-order valence-electron chi connectivity index (χ2n) is 7.86. The minimum atomic E-state index is -0.868. The number of esters is 1. The van der Waals surface area contributed by atoms with Gasteiger partial charge in [-0.15, -0.1) is 0 Å². The Morgan fingerprint density at radius 1 is 1.12 bits per heavy atom. The van der Waals surface area contributed by atoms with Gasteiger partial charge in [0.05, 0.1) is 12.7 Å². The molecule has 0 fully saturated rings. The van der Waals surface area contributed by atoms with E-state index in [1.165, 1.54) is 23.2 Å². The number of hydrogen-bond donors (Lipinski definition) is 1. The van der Waals surface area contributed by atoms with Crippen molar-refractivity contribution in [1.29, 1.82) is 0 Å². The molecular weight excluding hydrogens is 330 g/mol. The average Bonchev–Trinajstić information content (AvgIpc) is 2.60. The number of amides is 1. The van der Waals surface area contributed by atoms with Gasteiger partial charge in [-0.25, -0.2) is 9.59 Å². The zero-order valence-corrected chi connectivity index (χ0v) is 15.7. The molecule has 1 heterocycles. The number of carbonyl (C=O) groups is 2. The van der Waals surface area contributed by atoms with Crippen molar-refractivity contribution >= 4 is 17.6 Å². The molecule has 1 atom stereocenters. The fourth-order valence-electron chi connectivity index (χ4n) is 4.46. The first-order chi connectivity index (χ1) is 12.2. The summed E-state index contributed by atoms with van der Waals surface area (Å²) in [5, 5.41) is 9.34. The molecule has 0 bridgehead atoms. The first kappa shape index (κ1) is 18.2. The van der Waals surface area contributed by atoms with Gasteiger partial charge in [-0.2, -0.15) is 0 Å². The molecule has 0 saturated heterocycles. The molecule has 1 amide bonds. The lowest BCUT2D eigenvalue weighted by Gasteiger charge is -2.50. The third-order valence-electron chi connectivity index (χ3n) is 5.70. The van der Waals surface area contributed by atoms with E-state index in [-0.39, 0.29) is 16.8 Å². The van der Waals surface area contributed by atoms with Crippen molar-refractivity contribution in [3.8, 4) is 0 Å². The quantitative estimate of drug-likeness (QED) is 0.637. The van der Waals surface area contributed by atoms with Crippen LogP contribution in [0.4, 0.5) is 4.79 Å². The summed E-state index contributed by atoms with van der Waals surface area (Å²) < 4.78 is 4.76. The second kappa shape index (κ2) is 6.31. The Bertz CT molecular complexity index is 804.